The molecule has 0 aliphatic carbocycles. The fourth-order valence-corrected chi connectivity index (χ4v) is 1.61. The summed E-state index contributed by atoms with van der Waals surface area (Å²) in [6, 6.07) is 2.66. The standard InChI is InChI=1S/C8H5F3O2S/c9-8(10,11)5(4-7(12)13)6-2-1-3-14-6/h1-4H,(H,12,13)/b5-4-. The number of alkyl halides is 3. The van der Waals surface area contributed by atoms with Gasteiger partial charge in [-0.2, -0.15) is 13.2 Å². The molecule has 0 aliphatic heterocycles. The number of allylic oxidation sites excluding steroid dienone is 1. The van der Waals surface area contributed by atoms with Gasteiger partial charge in [-0.05, 0) is 11.4 Å². The molecule has 0 saturated carbocycles. The summed E-state index contributed by atoms with van der Waals surface area (Å²) in [5, 5.41) is 9.73. The summed E-state index contributed by atoms with van der Waals surface area (Å²) < 4.78 is 37.0. The third-order valence-corrected chi connectivity index (χ3v) is 2.26. The molecule has 0 radical (unpaired) electrons. The van der Waals surface area contributed by atoms with Crippen molar-refractivity contribution in [2.75, 3.05) is 0 Å². The van der Waals surface area contributed by atoms with Gasteiger partial charge in [-0.3, -0.25) is 0 Å². The van der Waals surface area contributed by atoms with Gasteiger partial charge in [0, 0.05) is 11.0 Å². The molecule has 2 nitrogen and oxygen atoms in total. The van der Waals surface area contributed by atoms with Crippen molar-refractivity contribution < 1.29 is 23.1 Å². The van der Waals surface area contributed by atoms with Crippen LogP contribution in [0.2, 0.25) is 0 Å². The average Bonchev–Trinajstić information content (AvgIpc) is 2.49. The fourth-order valence-electron chi connectivity index (χ4n) is 0.848. The van der Waals surface area contributed by atoms with Gasteiger partial charge in [0.25, 0.3) is 0 Å². The molecule has 6 heteroatoms. The summed E-state index contributed by atoms with van der Waals surface area (Å²) in [6.07, 6.45) is -4.46. The molecule has 0 amide bonds. The van der Waals surface area contributed by atoms with Gasteiger partial charge in [0.15, 0.2) is 0 Å². The van der Waals surface area contributed by atoms with Gasteiger partial charge in [-0.1, -0.05) is 6.07 Å². The van der Waals surface area contributed by atoms with Crippen LogP contribution in [0.25, 0.3) is 5.57 Å². The zero-order chi connectivity index (χ0) is 10.8. The Morgan fingerprint density at radius 3 is 2.50 bits per heavy atom. The SMILES string of the molecule is O=C(O)/C=C(/c1cccs1)C(F)(F)F. The summed E-state index contributed by atoms with van der Waals surface area (Å²) in [7, 11) is 0. The van der Waals surface area contributed by atoms with Gasteiger partial charge in [-0.15, -0.1) is 11.3 Å². The van der Waals surface area contributed by atoms with E-state index in [-0.39, 0.29) is 11.0 Å². The largest absolute Gasteiger partial charge is 0.478 e. The Morgan fingerprint density at radius 2 is 2.14 bits per heavy atom. The first kappa shape index (κ1) is 10.8. The van der Waals surface area contributed by atoms with Crippen LogP contribution in [-0.2, 0) is 4.79 Å². The number of carboxylic acids is 1. The van der Waals surface area contributed by atoms with Gasteiger partial charge in [-0.25, -0.2) is 4.79 Å². The molecule has 0 spiro atoms. The molecule has 1 aromatic heterocycles. The van der Waals surface area contributed by atoms with E-state index < -0.39 is 17.7 Å². The van der Waals surface area contributed by atoms with E-state index in [4.69, 9.17) is 5.11 Å². The third kappa shape index (κ3) is 2.59. The van der Waals surface area contributed by atoms with Crippen molar-refractivity contribution in [3.05, 3.63) is 28.5 Å². The Hall–Kier alpha value is -1.30. The lowest BCUT2D eigenvalue weighted by molar-refractivity contribution is -0.131. The lowest BCUT2D eigenvalue weighted by atomic mass is 10.2. The number of carboxylic acid groups (broad SMARTS) is 1. The highest BCUT2D eigenvalue weighted by atomic mass is 32.1. The van der Waals surface area contributed by atoms with Crippen molar-refractivity contribution in [2.24, 2.45) is 0 Å². The van der Waals surface area contributed by atoms with Crippen LogP contribution in [0.3, 0.4) is 0 Å². The minimum Gasteiger partial charge on any atom is -0.478 e. The Bertz CT molecular complexity index is 351. The molecule has 0 saturated heterocycles. The first-order valence-corrected chi connectivity index (χ1v) is 4.35. The fraction of sp³-hybridized carbons (Fsp3) is 0.125. The van der Waals surface area contributed by atoms with Crippen molar-refractivity contribution in [1.29, 1.82) is 0 Å². The molecule has 1 heterocycles. The summed E-state index contributed by atoms with van der Waals surface area (Å²) in [6.45, 7) is 0. The molecule has 0 unspecified atom stereocenters. The number of rotatable bonds is 2. The Labute approximate surface area is 81.3 Å². The molecular formula is C8H5F3O2S. The zero-order valence-electron chi connectivity index (χ0n) is 6.71. The molecule has 14 heavy (non-hydrogen) atoms. The quantitative estimate of drug-likeness (QED) is 0.781. The average molecular weight is 222 g/mol. The number of aliphatic carboxylic acids is 1. The Kier molecular flexibility index (Phi) is 2.95. The van der Waals surface area contributed by atoms with Crippen molar-refractivity contribution in [3.63, 3.8) is 0 Å². The van der Waals surface area contributed by atoms with Gasteiger partial charge >= 0.3 is 12.1 Å². The first-order valence-electron chi connectivity index (χ1n) is 3.47. The summed E-state index contributed by atoms with van der Waals surface area (Å²) >= 11 is 0.848. The highest BCUT2D eigenvalue weighted by molar-refractivity contribution is 7.11. The zero-order valence-corrected chi connectivity index (χ0v) is 7.52. The van der Waals surface area contributed by atoms with Gasteiger partial charge in [0.2, 0.25) is 0 Å². The second kappa shape index (κ2) is 3.83. The second-order valence-corrected chi connectivity index (χ2v) is 3.32. The van der Waals surface area contributed by atoms with Gasteiger partial charge in [0.05, 0.1) is 5.57 Å². The maximum atomic E-state index is 12.3. The van der Waals surface area contributed by atoms with E-state index in [2.05, 4.69) is 0 Å². The first-order chi connectivity index (χ1) is 6.41. The maximum Gasteiger partial charge on any atom is 0.418 e. The van der Waals surface area contributed by atoms with Crippen LogP contribution >= 0.6 is 11.3 Å². The highest BCUT2D eigenvalue weighted by Gasteiger charge is 2.35. The maximum absolute atomic E-state index is 12.3. The second-order valence-electron chi connectivity index (χ2n) is 2.37. The molecule has 0 atom stereocenters. The number of carbonyl (C=O) groups is 1. The molecule has 1 N–H and O–H groups in total. The van der Waals surface area contributed by atoms with E-state index in [1.54, 1.807) is 0 Å². The topological polar surface area (TPSA) is 37.3 Å². The van der Waals surface area contributed by atoms with Crippen molar-refractivity contribution in [1.82, 2.24) is 0 Å². The molecule has 0 fully saturated rings. The number of hydrogen-bond acceptors (Lipinski definition) is 2. The van der Waals surface area contributed by atoms with Gasteiger partial charge in [0.1, 0.15) is 0 Å². The normalized spacial score (nSPS) is 12.9. The minimum atomic E-state index is -4.64. The van der Waals surface area contributed by atoms with Crippen molar-refractivity contribution >= 4 is 22.9 Å². The van der Waals surface area contributed by atoms with E-state index in [0.29, 0.717) is 0 Å². The van der Waals surface area contributed by atoms with Crippen LogP contribution in [0, 0.1) is 0 Å². The molecule has 0 bridgehead atoms. The van der Waals surface area contributed by atoms with E-state index in [1.807, 2.05) is 0 Å². The summed E-state index contributed by atoms with van der Waals surface area (Å²) in [4.78, 5) is 10.1. The monoisotopic (exact) mass is 222 g/mol. The predicted octanol–water partition coefficient (Wildman–Crippen LogP) is 2.78. The highest BCUT2D eigenvalue weighted by Crippen LogP contribution is 2.35. The lowest BCUT2D eigenvalue weighted by Crippen LogP contribution is -2.11. The number of hydrogen-bond donors (Lipinski definition) is 1. The molecule has 76 valence electrons. The van der Waals surface area contributed by atoms with Crippen LogP contribution in [0.15, 0.2) is 23.6 Å². The van der Waals surface area contributed by atoms with Crippen LogP contribution in [0.4, 0.5) is 13.2 Å². The molecule has 1 rings (SSSR count). The van der Waals surface area contributed by atoms with Crippen molar-refractivity contribution in [2.45, 2.75) is 6.18 Å². The molecule has 0 aromatic carbocycles. The number of halogens is 3. The Balaban J connectivity index is 3.14. The third-order valence-electron chi connectivity index (χ3n) is 1.36. The van der Waals surface area contributed by atoms with Crippen LogP contribution < -0.4 is 0 Å². The summed E-state index contributed by atoms with van der Waals surface area (Å²) in [5.74, 6) is -1.61. The summed E-state index contributed by atoms with van der Waals surface area (Å²) in [5.41, 5.74) is -1.12. The van der Waals surface area contributed by atoms with E-state index in [1.165, 1.54) is 17.5 Å². The lowest BCUT2D eigenvalue weighted by Gasteiger charge is -2.08. The molecular weight excluding hydrogens is 217 g/mol. The minimum absolute atomic E-state index is 0.0973. The van der Waals surface area contributed by atoms with Crippen molar-refractivity contribution in [3.8, 4) is 0 Å². The Morgan fingerprint density at radius 1 is 1.50 bits per heavy atom. The molecule has 0 aliphatic rings. The number of thiophene rings is 1. The van der Waals surface area contributed by atoms with E-state index in [9.17, 15) is 18.0 Å². The molecule has 1 aromatic rings. The van der Waals surface area contributed by atoms with Crippen LogP contribution in [-0.4, -0.2) is 17.3 Å². The van der Waals surface area contributed by atoms with E-state index in [0.717, 1.165) is 11.3 Å². The predicted molar refractivity (Wildman–Crippen MR) is 46.0 cm³/mol. The van der Waals surface area contributed by atoms with Crippen LogP contribution in [0.1, 0.15) is 4.88 Å². The van der Waals surface area contributed by atoms with E-state index >= 15 is 0 Å². The smallest absolute Gasteiger partial charge is 0.418 e. The van der Waals surface area contributed by atoms with Gasteiger partial charge < -0.3 is 5.11 Å². The van der Waals surface area contributed by atoms with Crippen LogP contribution in [0.5, 0.6) is 0 Å².